The van der Waals surface area contributed by atoms with Crippen LogP contribution in [0.1, 0.15) is 66.2 Å². The van der Waals surface area contributed by atoms with Crippen LogP contribution in [0.25, 0.3) is 0 Å². The van der Waals surface area contributed by atoms with Crippen molar-refractivity contribution in [1.29, 1.82) is 0 Å². The zero-order valence-corrected chi connectivity index (χ0v) is 19.3. The van der Waals surface area contributed by atoms with Gasteiger partial charge in [0.1, 0.15) is 11.1 Å². The Labute approximate surface area is 188 Å². The molecule has 0 bridgehead atoms. The summed E-state index contributed by atoms with van der Waals surface area (Å²) in [5.41, 5.74) is 4.20. The summed E-state index contributed by atoms with van der Waals surface area (Å²) in [6.45, 7) is 8.09. The molecule has 7 amide bonds. The summed E-state index contributed by atoms with van der Waals surface area (Å²) in [5.74, 6) is -1.60. The Morgan fingerprint density at radius 3 is 2.19 bits per heavy atom. The SMILES string of the molecule is CCCCN1C(=O)/C(=C\N)C(=O)N(C2CCC(C)(CN3C(=O)NC(=O)C3(C)C)CC2)C1=O. The molecule has 3 aliphatic rings. The van der Waals surface area contributed by atoms with Crippen molar-refractivity contribution in [2.75, 3.05) is 13.1 Å². The van der Waals surface area contributed by atoms with Crippen LogP contribution in [0, 0.1) is 5.41 Å². The lowest BCUT2D eigenvalue weighted by Crippen LogP contribution is -2.60. The van der Waals surface area contributed by atoms with Gasteiger partial charge in [-0.2, -0.15) is 0 Å². The van der Waals surface area contributed by atoms with Gasteiger partial charge in [0, 0.05) is 25.3 Å². The van der Waals surface area contributed by atoms with Crippen molar-refractivity contribution in [3.05, 3.63) is 11.8 Å². The number of carbonyl (C=O) groups is 5. The molecular weight excluding hydrogens is 414 g/mol. The van der Waals surface area contributed by atoms with Crippen molar-refractivity contribution in [2.45, 2.75) is 77.8 Å². The topological polar surface area (TPSA) is 133 Å². The fourth-order valence-electron chi connectivity index (χ4n) is 4.71. The van der Waals surface area contributed by atoms with E-state index >= 15 is 0 Å². The number of carbonyl (C=O) groups excluding carboxylic acids is 5. The molecule has 2 saturated heterocycles. The first-order valence-electron chi connectivity index (χ1n) is 11.2. The summed E-state index contributed by atoms with van der Waals surface area (Å²) in [5, 5.41) is 2.37. The van der Waals surface area contributed by atoms with Crippen LogP contribution < -0.4 is 11.1 Å². The van der Waals surface area contributed by atoms with Crippen molar-refractivity contribution >= 4 is 29.8 Å². The second-order valence-corrected chi connectivity index (χ2v) is 9.79. The monoisotopic (exact) mass is 447 g/mol. The molecule has 3 fully saturated rings. The first-order valence-corrected chi connectivity index (χ1v) is 11.2. The molecule has 176 valence electrons. The van der Waals surface area contributed by atoms with Crippen LogP contribution >= 0.6 is 0 Å². The summed E-state index contributed by atoms with van der Waals surface area (Å²) in [6, 6.07) is -1.33. The van der Waals surface area contributed by atoms with Crippen molar-refractivity contribution in [1.82, 2.24) is 20.0 Å². The second kappa shape index (κ2) is 8.55. The van der Waals surface area contributed by atoms with E-state index in [-0.39, 0.29) is 29.5 Å². The van der Waals surface area contributed by atoms with E-state index in [1.54, 1.807) is 18.7 Å². The molecule has 10 heteroatoms. The lowest BCUT2D eigenvalue weighted by molar-refractivity contribution is -0.138. The highest BCUT2D eigenvalue weighted by atomic mass is 16.2. The number of nitrogens with two attached hydrogens (primary N) is 1. The lowest BCUT2D eigenvalue weighted by Gasteiger charge is -2.45. The number of rotatable bonds is 6. The maximum atomic E-state index is 13.1. The number of nitrogens with zero attached hydrogens (tertiary/aromatic N) is 3. The minimum atomic E-state index is -0.920. The van der Waals surface area contributed by atoms with Gasteiger partial charge in [0.15, 0.2) is 0 Å². The Kier molecular flexibility index (Phi) is 6.35. The van der Waals surface area contributed by atoms with Gasteiger partial charge in [-0.1, -0.05) is 20.3 Å². The molecule has 0 atom stereocenters. The van der Waals surface area contributed by atoms with E-state index in [1.807, 2.05) is 6.92 Å². The molecule has 3 N–H and O–H groups in total. The van der Waals surface area contributed by atoms with Gasteiger partial charge in [-0.05, 0) is 51.4 Å². The van der Waals surface area contributed by atoms with Crippen LogP contribution in [0.5, 0.6) is 0 Å². The molecule has 0 radical (unpaired) electrons. The number of hydrogen-bond donors (Lipinski definition) is 2. The summed E-state index contributed by atoms with van der Waals surface area (Å²) in [7, 11) is 0. The molecule has 0 aromatic carbocycles. The molecule has 32 heavy (non-hydrogen) atoms. The minimum absolute atomic E-state index is 0.178. The first-order chi connectivity index (χ1) is 15.0. The highest BCUT2D eigenvalue weighted by Crippen LogP contribution is 2.41. The zero-order valence-electron chi connectivity index (χ0n) is 19.3. The Morgan fingerprint density at radius 1 is 1.06 bits per heavy atom. The van der Waals surface area contributed by atoms with E-state index < -0.39 is 29.4 Å². The summed E-state index contributed by atoms with van der Waals surface area (Å²) in [4.78, 5) is 66.8. The van der Waals surface area contributed by atoms with Crippen LogP contribution in [0.3, 0.4) is 0 Å². The minimum Gasteiger partial charge on any atom is -0.404 e. The number of nitrogens with one attached hydrogen (secondary N) is 1. The van der Waals surface area contributed by atoms with Crippen molar-refractivity contribution in [2.24, 2.45) is 11.1 Å². The van der Waals surface area contributed by atoms with Gasteiger partial charge >= 0.3 is 12.1 Å². The number of imide groups is 3. The van der Waals surface area contributed by atoms with E-state index in [9.17, 15) is 24.0 Å². The Hall–Kier alpha value is -2.91. The lowest BCUT2D eigenvalue weighted by atomic mass is 9.72. The van der Waals surface area contributed by atoms with Crippen LogP contribution in [-0.2, 0) is 14.4 Å². The number of hydrogen-bond acceptors (Lipinski definition) is 6. The van der Waals surface area contributed by atoms with Gasteiger partial charge in [0.2, 0.25) is 0 Å². The molecule has 10 nitrogen and oxygen atoms in total. The van der Waals surface area contributed by atoms with E-state index in [0.29, 0.717) is 38.6 Å². The molecule has 1 saturated carbocycles. The maximum absolute atomic E-state index is 13.1. The quantitative estimate of drug-likeness (QED) is 0.362. The zero-order chi connectivity index (χ0) is 23.8. The highest BCUT2D eigenvalue weighted by molar-refractivity contribution is 6.28. The fraction of sp³-hybridized carbons (Fsp3) is 0.682. The molecule has 1 aliphatic carbocycles. The van der Waals surface area contributed by atoms with Crippen LogP contribution in [0.2, 0.25) is 0 Å². The molecule has 2 aliphatic heterocycles. The average molecular weight is 448 g/mol. The molecular formula is C22H33N5O5. The van der Waals surface area contributed by atoms with Crippen LogP contribution in [0.15, 0.2) is 11.8 Å². The van der Waals surface area contributed by atoms with Gasteiger partial charge in [0.05, 0.1) is 0 Å². The molecule has 0 unspecified atom stereocenters. The van der Waals surface area contributed by atoms with Crippen LogP contribution in [0.4, 0.5) is 9.59 Å². The first kappa shape index (κ1) is 23.7. The summed E-state index contributed by atoms with van der Waals surface area (Å²) >= 11 is 0. The standard InChI is InChI=1S/C22H33N5O5/c1-5-6-11-25-16(28)15(12-23)17(29)27(20(25)32)14-7-9-22(4,10-8-14)13-26-19(31)24-18(30)21(26,2)3/h12,14H,5-11,13,23H2,1-4H3,(H,24,30,31)/b15-12+. The summed E-state index contributed by atoms with van der Waals surface area (Å²) < 4.78 is 0. The van der Waals surface area contributed by atoms with Gasteiger partial charge in [-0.25, -0.2) is 9.59 Å². The number of unbranched alkanes of at least 4 members (excludes halogenated alkanes) is 1. The maximum Gasteiger partial charge on any atom is 0.334 e. The molecule has 0 aromatic rings. The van der Waals surface area contributed by atoms with E-state index in [4.69, 9.17) is 5.73 Å². The molecule has 0 aromatic heterocycles. The Morgan fingerprint density at radius 2 is 1.69 bits per heavy atom. The van der Waals surface area contributed by atoms with Gasteiger partial charge in [0.25, 0.3) is 17.7 Å². The van der Waals surface area contributed by atoms with E-state index in [0.717, 1.165) is 17.5 Å². The van der Waals surface area contributed by atoms with Gasteiger partial charge < -0.3 is 10.6 Å². The molecule has 2 heterocycles. The predicted molar refractivity (Wildman–Crippen MR) is 116 cm³/mol. The van der Waals surface area contributed by atoms with Crippen molar-refractivity contribution < 1.29 is 24.0 Å². The highest BCUT2D eigenvalue weighted by Gasteiger charge is 2.50. The number of urea groups is 2. The predicted octanol–water partition coefficient (Wildman–Crippen LogP) is 1.70. The fourth-order valence-corrected chi connectivity index (χ4v) is 4.71. The van der Waals surface area contributed by atoms with Crippen molar-refractivity contribution in [3.63, 3.8) is 0 Å². The number of amides is 7. The third-order valence-electron chi connectivity index (χ3n) is 7.03. The van der Waals surface area contributed by atoms with Crippen molar-refractivity contribution in [3.8, 4) is 0 Å². The molecule has 3 rings (SSSR count). The average Bonchev–Trinajstić information content (AvgIpc) is 2.91. The third-order valence-corrected chi connectivity index (χ3v) is 7.03. The molecule has 0 spiro atoms. The normalized spacial score (nSPS) is 29.9. The van der Waals surface area contributed by atoms with Gasteiger partial charge in [-0.15, -0.1) is 0 Å². The Balaban J connectivity index is 1.73. The van der Waals surface area contributed by atoms with Gasteiger partial charge in [-0.3, -0.25) is 29.5 Å². The summed E-state index contributed by atoms with van der Waals surface area (Å²) in [6.07, 6.45) is 4.85. The van der Waals surface area contributed by atoms with E-state index in [2.05, 4.69) is 12.2 Å². The Bertz CT molecular complexity index is 872. The largest absolute Gasteiger partial charge is 0.404 e. The number of barbiturate groups is 1. The second-order valence-electron chi connectivity index (χ2n) is 9.79. The smallest absolute Gasteiger partial charge is 0.334 e. The van der Waals surface area contributed by atoms with Crippen LogP contribution in [-0.4, -0.2) is 69.2 Å². The van der Waals surface area contributed by atoms with E-state index in [1.165, 1.54) is 4.90 Å². The third kappa shape index (κ3) is 3.98.